The predicted octanol–water partition coefficient (Wildman–Crippen LogP) is 4.90. The number of aromatic nitrogens is 3. The standard InChI is InChI=1S/C24H26ClN5OS/c1-3-12-29-23(20-4-8-21(25)9-5-20)26-30(24(29)32)17-27-13-15-28(16-14-27)22-10-6-19(7-11-22)18(2)31/h3-11H,1,12-17H2,2H3. The number of Topliss-reactive ketones (excluding diaryl/α,β-unsaturated/α-hetero) is 1. The fraction of sp³-hybridized carbons (Fsp3) is 0.292. The Hall–Kier alpha value is -2.74. The summed E-state index contributed by atoms with van der Waals surface area (Å²) in [5.74, 6) is 0.905. The zero-order valence-electron chi connectivity index (χ0n) is 18.1. The molecule has 0 bridgehead atoms. The molecule has 0 amide bonds. The molecule has 1 saturated heterocycles. The second kappa shape index (κ2) is 9.81. The summed E-state index contributed by atoms with van der Waals surface area (Å²) in [7, 11) is 0. The summed E-state index contributed by atoms with van der Waals surface area (Å²) in [4.78, 5) is 16.2. The lowest BCUT2D eigenvalue weighted by Crippen LogP contribution is -2.47. The van der Waals surface area contributed by atoms with Gasteiger partial charge < -0.3 is 4.90 Å². The van der Waals surface area contributed by atoms with E-state index in [9.17, 15) is 4.79 Å². The molecule has 1 aliphatic heterocycles. The van der Waals surface area contributed by atoms with E-state index in [0.29, 0.717) is 23.0 Å². The van der Waals surface area contributed by atoms with Crippen molar-refractivity contribution in [1.29, 1.82) is 0 Å². The Kier molecular flexibility index (Phi) is 6.89. The number of hydrogen-bond acceptors (Lipinski definition) is 5. The van der Waals surface area contributed by atoms with E-state index in [1.54, 1.807) is 6.92 Å². The largest absolute Gasteiger partial charge is 0.369 e. The van der Waals surface area contributed by atoms with Gasteiger partial charge in [-0.25, -0.2) is 4.68 Å². The molecule has 2 heterocycles. The van der Waals surface area contributed by atoms with Crippen molar-refractivity contribution in [3.05, 3.63) is 76.5 Å². The third-order valence-corrected chi connectivity index (χ3v) is 6.37. The number of rotatable bonds is 7. The predicted molar refractivity (Wildman–Crippen MR) is 132 cm³/mol. The molecule has 2 aromatic carbocycles. The number of carbonyl (C=O) groups is 1. The van der Waals surface area contributed by atoms with Crippen LogP contribution in [0.1, 0.15) is 17.3 Å². The fourth-order valence-corrected chi connectivity index (χ4v) is 4.27. The Labute approximate surface area is 198 Å². The van der Waals surface area contributed by atoms with Crippen LogP contribution in [-0.4, -0.2) is 51.2 Å². The van der Waals surface area contributed by atoms with Crippen LogP contribution in [-0.2, 0) is 13.2 Å². The molecule has 1 aromatic heterocycles. The van der Waals surface area contributed by atoms with E-state index < -0.39 is 0 Å². The Morgan fingerprint density at radius 2 is 1.75 bits per heavy atom. The number of carbonyl (C=O) groups excluding carboxylic acids is 1. The van der Waals surface area contributed by atoms with Crippen LogP contribution in [0.15, 0.2) is 61.2 Å². The number of hydrogen-bond donors (Lipinski definition) is 0. The van der Waals surface area contributed by atoms with E-state index in [4.69, 9.17) is 28.9 Å². The number of benzene rings is 2. The molecule has 1 fully saturated rings. The lowest BCUT2D eigenvalue weighted by atomic mass is 10.1. The first kappa shape index (κ1) is 22.5. The molecule has 0 saturated carbocycles. The lowest BCUT2D eigenvalue weighted by molar-refractivity contribution is 0.101. The number of nitrogens with zero attached hydrogens (tertiary/aromatic N) is 5. The van der Waals surface area contributed by atoms with E-state index in [1.807, 2.05) is 63.9 Å². The van der Waals surface area contributed by atoms with Crippen LogP contribution in [0.3, 0.4) is 0 Å². The van der Waals surface area contributed by atoms with Crippen LogP contribution in [0, 0.1) is 4.77 Å². The highest BCUT2D eigenvalue weighted by molar-refractivity contribution is 7.71. The van der Waals surface area contributed by atoms with Crippen molar-refractivity contribution in [3.8, 4) is 11.4 Å². The van der Waals surface area contributed by atoms with Gasteiger partial charge in [0.05, 0.1) is 6.67 Å². The van der Waals surface area contributed by atoms with Gasteiger partial charge in [-0.05, 0) is 67.7 Å². The van der Waals surface area contributed by atoms with Crippen molar-refractivity contribution in [3.63, 3.8) is 0 Å². The summed E-state index contributed by atoms with van der Waals surface area (Å²) >= 11 is 11.8. The van der Waals surface area contributed by atoms with Gasteiger partial charge in [0, 0.05) is 54.6 Å². The number of piperazine rings is 1. The van der Waals surface area contributed by atoms with E-state index in [0.717, 1.165) is 48.8 Å². The number of allylic oxidation sites excluding steroid dienone is 1. The van der Waals surface area contributed by atoms with E-state index >= 15 is 0 Å². The monoisotopic (exact) mass is 467 g/mol. The Morgan fingerprint density at radius 1 is 1.09 bits per heavy atom. The first-order valence-electron chi connectivity index (χ1n) is 10.6. The van der Waals surface area contributed by atoms with Gasteiger partial charge in [0.1, 0.15) is 0 Å². The van der Waals surface area contributed by atoms with Crippen LogP contribution in [0.25, 0.3) is 11.4 Å². The van der Waals surface area contributed by atoms with Gasteiger partial charge in [-0.2, -0.15) is 5.10 Å². The fourth-order valence-electron chi connectivity index (χ4n) is 3.88. The highest BCUT2D eigenvalue weighted by Crippen LogP contribution is 2.22. The maximum absolute atomic E-state index is 11.5. The number of halogens is 1. The molecule has 0 N–H and O–H groups in total. The molecular formula is C24H26ClN5OS. The number of ketones is 1. The minimum Gasteiger partial charge on any atom is -0.369 e. The quantitative estimate of drug-likeness (QED) is 0.281. The summed E-state index contributed by atoms with van der Waals surface area (Å²) in [6, 6.07) is 15.5. The molecule has 0 spiro atoms. The molecule has 0 aliphatic carbocycles. The Bertz CT molecular complexity index is 1160. The zero-order chi connectivity index (χ0) is 22.7. The minimum absolute atomic E-state index is 0.0898. The van der Waals surface area contributed by atoms with Gasteiger partial charge >= 0.3 is 0 Å². The Balaban J connectivity index is 1.46. The maximum Gasteiger partial charge on any atom is 0.199 e. The molecule has 0 unspecified atom stereocenters. The third kappa shape index (κ3) is 4.85. The van der Waals surface area contributed by atoms with Gasteiger partial charge in [0.2, 0.25) is 0 Å². The minimum atomic E-state index is 0.0898. The first-order chi connectivity index (χ1) is 15.5. The molecule has 0 atom stereocenters. The van der Waals surface area contributed by atoms with Gasteiger partial charge in [0.25, 0.3) is 0 Å². The van der Waals surface area contributed by atoms with Gasteiger partial charge in [-0.15, -0.1) is 6.58 Å². The summed E-state index contributed by atoms with van der Waals surface area (Å²) in [6.45, 7) is 10.3. The summed E-state index contributed by atoms with van der Waals surface area (Å²) in [5.41, 5.74) is 2.86. The lowest BCUT2D eigenvalue weighted by Gasteiger charge is -2.35. The zero-order valence-corrected chi connectivity index (χ0v) is 19.6. The van der Waals surface area contributed by atoms with E-state index in [1.165, 1.54) is 0 Å². The first-order valence-corrected chi connectivity index (χ1v) is 11.4. The van der Waals surface area contributed by atoms with Crippen molar-refractivity contribution in [1.82, 2.24) is 19.2 Å². The molecule has 4 rings (SSSR count). The Morgan fingerprint density at radius 3 is 2.34 bits per heavy atom. The topological polar surface area (TPSA) is 46.3 Å². The third-order valence-electron chi connectivity index (χ3n) is 5.68. The van der Waals surface area contributed by atoms with Crippen LogP contribution >= 0.6 is 23.8 Å². The maximum atomic E-state index is 11.5. The normalized spacial score (nSPS) is 14.5. The summed E-state index contributed by atoms with van der Waals surface area (Å²) < 4.78 is 4.57. The van der Waals surface area contributed by atoms with Gasteiger partial charge in [0.15, 0.2) is 16.4 Å². The average Bonchev–Trinajstić information content (AvgIpc) is 3.10. The van der Waals surface area contributed by atoms with Crippen molar-refractivity contribution in [2.24, 2.45) is 0 Å². The molecule has 166 valence electrons. The molecule has 8 heteroatoms. The smallest absolute Gasteiger partial charge is 0.199 e. The van der Waals surface area contributed by atoms with Crippen molar-refractivity contribution < 1.29 is 4.79 Å². The summed E-state index contributed by atoms with van der Waals surface area (Å²) in [5, 5.41) is 5.51. The second-order valence-electron chi connectivity index (χ2n) is 7.86. The van der Waals surface area contributed by atoms with Crippen molar-refractivity contribution in [2.45, 2.75) is 20.1 Å². The molecule has 0 radical (unpaired) electrons. The van der Waals surface area contributed by atoms with E-state index in [2.05, 4.69) is 16.4 Å². The van der Waals surface area contributed by atoms with Crippen molar-refractivity contribution >= 4 is 35.3 Å². The van der Waals surface area contributed by atoms with E-state index in [-0.39, 0.29) is 5.78 Å². The molecular weight excluding hydrogens is 442 g/mol. The highest BCUT2D eigenvalue weighted by atomic mass is 35.5. The molecule has 6 nitrogen and oxygen atoms in total. The SMILES string of the molecule is C=CCn1c(-c2ccc(Cl)cc2)nn(CN2CCN(c3ccc(C(C)=O)cc3)CC2)c1=S. The van der Waals surface area contributed by atoms with Crippen molar-refractivity contribution in [2.75, 3.05) is 31.1 Å². The van der Waals surface area contributed by atoms with Crippen LogP contribution in [0.2, 0.25) is 5.02 Å². The van der Waals surface area contributed by atoms with Crippen LogP contribution < -0.4 is 4.90 Å². The number of anilines is 1. The van der Waals surface area contributed by atoms with Gasteiger partial charge in [-0.3, -0.25) is 14.3 Å². The van der Waals surface area contributed by atoms with Crippen LogP contribution in [0.4, 0.5) is 5.69 Å². The highest BCUT2D eigenvalue weighted by Gasteiger charge is 2.20. The summed E-state index contributed by atoms with van der Waals surface area (Å²) in [6.07, 6.45) is 1.83. The molecule has 3 aromatic rings. The average molecular weight is 468 g/mol. The second-order valence-corrected chi connectivity index (χ2v) is 8.66. The molecule has 1 aliphatic rings. The van der Waals surface area contributed by atoms with Gasteiger partial charge in [-0.1, -0.05) is 17.7 Å². The van der Waals surface area contributed by atoms with Crippen LogP contribution in [0.5, 0.6) is 0 Å². The molecule has 32 heavy (non-hydrogen) atoms.